The van der Waals surface area contributed by atoms with E-state index in [9.17, 15) is 9.59 Å². The molecule has 0 aliphatic rings. The van der Waals surface area contributed by atoms with Gasteiger partial charge in [-0.1, -0.05) is 18.2 Å². The summed E-state index contributed by atoms with van der Waals surface area (Å²) < 4.78 is 4.54. The SMILES string of the molecule is COC(=O)[C@H](CCSc1ccccc1)NC(=O)O. The van der Waals surface area contributed by atoms with Crippen LogP contribution in [0.15, 0.2) is 35.2 Å². The van der Waals surface area contributed by atoms with Gasteiger partial charge in [0, 0.05) is 10.6 Å². The molecule has 0 aromatic heterocycles. The number of ether oxygens (including phenoxy) is 1. The molecule has 0 saturated carbocycles. The molecule has 0 unspecified atom stereocenters. The van der Waals surface area contributed by atoms with Gasteiger partial charge in [0.05, 0.1) is 7.11 Å². The molecule has 0 saturated heterocycles. The van der Waals surface area contributed by atoms with Gasteiger partial charge in [-0.05, 0) is 18.6 Å². The van der Waals surface area contributed by atoms with E-state index in [0.29, 0.717) is 12.2 Å². The number of esters is 1. The summed E-state index contributed by atoms with van der Waals surface area (Å²) >= 11 is 1.56. The van der Waals surface area contributed by atoms with Gasteiger partial charge in [0.25, 0.3) is 0 Å². The van der Waals surface area contributed by atoms with Gasteiger partial charge in [0.15, 0.2) is 0 Å². The summed E-state index contributed by atoms with van der Waals surface area (Å²) in [5.41, 5.74) is 0. The third kappa shape index (κ3) is 5.09. The summed E-state index contributed by atoms with van der Waals surface area (Å²) in [7, 11) is 1.24. The topological polar surface area (TPSA) is 75.6 Å². The van der Waals surface area contributed by atoms with E-state index in [-0.39, 0.29) is 0 Å². The lowest BCUT2D eigenvalue weighted by molar-refractivity contribution is -0.143. The van der Waals surface area contributed by atoms with Crippen LogP contribution in [-0.2, 0) is 9.53 Å². The van der Waals surface area contributed by atoms with Gasteiger partial charge in [0.2, 0.25) is 0 Å². The molecule has 0 heterocycles. The van der Waals surface area contributed by atoms with E-state index in [4.69, 9.17) is 5.11 Å². The quantitative estimate of drug-likeness (QED) is 0.610. The second-order valence-corrected chi connectivity index (χ2v) is 4.64. The number of hydrogen-bond donors (Lipinski definition) is 2. The number of carbonyl (C=O) groups is 2. The number of carbonyl (C=O) groups excluding carboxylic acids is 1. The van der Waals surface area contributed by atoms with E-state index in [1.54, 1.807) is 11.8 Å². The number of thioether (sulfide) groups is 1. The maximum Gasteiger partial charge on any atom is 0.405 e. The molecule has 1 aromatic rings. The van der Waals surface area contributed by atoms with Crippen molar-refractivity contribution in [2.24, 2.45) is 0 Å². The molecule has 0 bridgehead atoms. The summed E-state index contributed by atoms with van der Waals surface area (Å²) in [4.78, 5) is 23.0. The molecule has 1 aromatic carbocycles. The third-order valence-corrected chi connectivity index (χ3v) is 3.25. The van der Waals surface area contributed by atoms with Crippen LogP contribution < -0.4 is 5.32 Å². The molecule has 6 heteroatoms. The van der Waals surface area contributed by atoms with Gasteiger partial charge in [0.1, 0.15) is 6.04 Å². The first-order valence-corrected chi connectivity index (χ1v) is 6.37. The number of benzene rings is 1. The molecular formula is C12H15NO4S. The van der Waals surface area contributed by atoms with Crippen molar-refractivity contribution >= 4 is 23.8 Å². The van der Waals surface area contributed by atoms with Gasteiger partial charge in [-0.3, -0.25) is 0 Å². The highest BCUT2D eigenvalue weighted by molar-refractivity contribution is 7.99. The minimum atomic E-state index is -1.23. The number of rotatable bonds is 6. The number of carboxylic acid groups (broad SMARTS) is 1. The minimum Gasteiger partial charge on any atom is -0.467 e. The average Bonchev–Trinajstić information content (AvgIpc) is 2.37. The Morgan fingerprint density at radius 2 is 2.06 bits per heavy atom. The molecule has 0 aliphatic heterocycles. The second kappa shape index (κ2) is 7.60. The summed E-state index contributed by atoms with van der Waals surface area (Å²) in [6.07, 6.45) is -0.839. The van der Waals surface area contributed by atoms with E-state index in [1.165, 1.54) is 7.11 Å². The first-order valence-electron chi connectivity index (χ1n) is 5.38. The highest BCUT2D eigenvalue weighted by atomic mass is 32.2. The Balaban J connectivity index is 2.42. The smallest absolute Gasteiger partial charge is 0.405 e. The summed E-state index contributed by atoms with van der Waals surface area (Å²) in [6, 6.07) is 8.88. The first kappa shape index (κ1) is 14.4. The lowest BCUT2D eigenvalue weighted by Gasteiger charge is -2.13. The molecule has 98 valence electrons. The van der Waals surface area contributed by atoms with Gasteiger partial charge < -0.3 is 15.2 Å². The molecule has 0 spiro atoms. The first-order chi connectivity index (χ1) is 8.63. The van der Waals surface area contributed by atoms with Crippen molar-refractivity contribution in [2.75, 3.05) is 12.9 Å². The highest BCUT2D eigenvalue weighted by Gasteiger charge is 2.20. The normalized spacial score (nSPS) is 11.6. The largest absolute Gasteiger partial charge is 0.467 e. The maximum absolute atomic E-state index is 11.3. The predicted octanol–water partition coefficient (Wildman–Crippen LogP) is 1.98. The van der Waals surface area contributed by atoms with Crippen LogP contribution in [0.1, 0.15) is 6.42 Å². The molecule has 5 nitrogen and oxygen atoms in total. The molecule has 0 aliphatic carbocycles. The zero-order chi connectivity index (χ0) is 13.4. The maximum atomic E-state index is 11.3. The number of nitrogens with one attached hydrogen (secondary N) is 1. The number of amides is 1. The average molecular weight is 269 g/mol. The van der Waals surface area contributed by atoms with Crippen molar-refractivity contribution in [3.63, 3.8) is 0 Å². The Morgan fingerprint density at radius 1 is 1.39 bits per heavy atom. The van der Waals surface area contributed by atoms with E-state index >= 15 is 0 Å². The van der Waals surface area contributed by atoms with Gasteiger partial charge >= 0.3 is 12.1 Å². The summed E-state index contributed by atoms with van der Waals surface area (Å²) in [6.45, 7) is 0. The Bertz CT molecular complexity index is 396. The summed E-state index contributed by atoms with van der Waals surface area (Å²) in [5.74, 6) is 0.0652. The van der Waals surface area contributed by atoms with Crippen LogP contribution in [0.3, 0.4) is 0 Å². The minimum absolute atomic E-state index is 0.387. The van der Waals surface area contributed by atoms with Crippen molar-refractivity contribution in [1.82, 2.24) is 5.32 Å². The fraction of sp³-hybridized carbons (Fsp3) is 0.333. The zero-order valence-corrected chi connectivity index (χ0v) is 10.8. The molecule has 1 amide bonds. The van der Waals surface area contributed by atoms with Crippen LogP contribution in [0.25, 0.3) is 0 Å². The van der Waals surface area contributed by atoms with E-state index < -0.39 is 18.1 Å². The van der Waals surface area contributed by atoms with Gasteiger partial charge in [-0.25, -0.2) is 9.59 Å². The van der Waals surface area contributed by atoms with Crippen LogP contribution in [0, 0.1) is 0 Å². The second-order valence-electron chi connectivity index (χ2n) is 3.48. The van der Waals surface area contributed by atoms with Crippen LogP contribution in [0.2, 0.25) is 0 Å². The fourth-order valence-electron chi connectivity index (χ4n) is 1.35. The zero-order valence-electron chi connectivity index (χ0n) is 9.96. The Kier molecular flexibility index (Phi) is 6.07. The lowest BCUT2D eigenvalue weighted by atomic mass is 10.2. The van der Waals surface area contributed by atoms with Crippen molar-refractivity contribution in [3.8, 4) is 0 Å². The van der Waals surface area contributed by atoms with E-state index in [0.717, 1.165) is 4.90 Å². The van der Waals surface area contributed by atoms with Gasteiger partial charge in [-0.2, -0.15) is 0 Å². The Morgan fingerprint density at radius 3 is 2.61 bits per heavy atom. The number of methoxy groups -OCH3 is 1. The Labute approximate surface area is 110 Å². The third-order valence-electron chi connectivity index (χ3n) is 2.20. The van der Waals surface area contributed by atoms with Crippen LogP contribution in [-0.4, -0.2) is 36.1 Å². The molecule has 0 fully saturated rings. The van der Waals surface area contributed by atoms with E-state index in [2.05, 4.69) is 10.1 Å². The molecule has 0 radical (unpaired) electrons. The number of hydrogen-bond acceptors (Lipinski definition) is 4. The van der Waals surface area contributed by atoms with E-state index in [1.807, 2.05) is 30.3 Å². The van der Waals surface area contributed by atoms with Crippen LogP contribution in [0.4, 0.5) is 4.79 Å². The van der Waals surface area contributed by atoms with Crippen molar-refractivity contribution < 1.29 is 19.4 Å². The van der Waals surface area contributed by atoms with Crippen molar-refractivity contribution in [2.45, 2.75) is 17.4 Å². The highest BCUT2D eigenvalue weighted by Crippen LogP contribution is 2.18. The van der Waals surface area contributed by atoms with Crippen molar-refractivity contribution in [3.05, 3.63) is 30.3 Å². The molecule has 1 rings (SSSR count). The lowest BCUT2D eigenvalue weighted by Crippen LogP contribution is -2.41. The Hall–Kier alpha value is -1.69. The fourth-order valence-corrected chi connectivity index (χ4v) is 2.29. The molecule has 1 atom stereocenters. The standard InChI is InChI=1S/C12H15NO4S/c1-17-11(14)10(13-12(15)16)7-8-18-9-5-3-2-4-6-9/h2-6,10,13H,7-8H2,1H3,(H,15,16)/t10-/m0/s1. The molecule has 2 N–H and O–H groups in total. The van der Waals surface area contributed by atoms with Crippen LogP contribution >= 0.6 is 11.8 Å². The van der Waals surface area contributed by atoms with Gasteiger partial charge in [-0.15, -0.1) is 11.8 Å². The molecular weight excluding hydrogens is 254 g/mol. The molecule has 18 heavy (non-hydrogen) atoms. The monoisotopic (exact) mass is 269 g/mol. The van der Waals surface area contributed by atoms with Crippen LogP contribution in [0.5, 0.6) is 0 Å². The summed E-state index contributed by atoms with van der Waals surface area (Å²) in [5, 5.41) is 10.8. The van der Waals surface area contributed by atoms with Crippen molar-refractivity contribution in [1.29, 1.82) is 0 Å². The predicted molar refractivity (Wildman–Crippen MR) is 68.7 cm³/mol.